The van der Waals surface area contributed by atoms with E-state index in [2.05, 4.69) is 47.6 Å². The summed E-state index contributed by atoms with van der Waals surface area (Å²) in [6.07, 6.45) is 10.4. The van der Waals surface area contributed by atoms with Crippen LogP contribution in [0.1, 0.15) is 38.3 Å². The summed E-state index contributed by atoms with van der Waals surface area (Å²) < 4.78 is 0. The molecule has 0 spiro atoms. The van der Waals surface area contributed by atoms with Gasteiger partial charge >= 0.3 is 0 Å². The van der Waals surface area contributed by atoms with Gasteiger partial charge in [-0.2, -0.15) is 5.10 Å². The summed E-state index contributed by atoms with van der Waals surface area (Å²) in [6.45, 7) is 7.81. The lowest BCUT2D eigenvalue weighted by Crippen LogP contribution is -2.44. The Morgan fingerprint density at radius 2 is 1.90 bits per heavy atom. The largest absolute Gasteiger partial charge is 0.404 e. The molecule has 0 aliphatic carbocycles. The molecule has 0 radical (unpaired) electrons. The fourth-order valence-corrected chi connectivity index (χ4v) is 5.73. The zero-order chi connectivity index (χ0) is 29.1. The van der Waals surface area contributed by atoms with Crippen molar-refractivity contribution in [2.45, 2.75) is 32.6 Å². The number of aromatic nitrogens is 6. The third-order valence-corrected chi connectivity index (χ3v) is 8.27. The number of likely N-dealkylation sites (N-methyl/N-ethyl adjacent to an activating group) is 1. The zero-order valence-electron chi connectivity index (χ0n) is 24.3. The van der Waals surface area contributed by atoms with Gasteiger partial charge in [-0.15, -0.1) is 0 Å². The van der Waals surface area contributed by atoms with Crippen LogP contribution in [0.15, 0.2) is 42.5 Å². The van der Waals surface area contributed by atoms with E-state index in [1.54, 1.807) is 6.20 Å². The number of piperidine rings is 1. The van der Waals surface area contributed by atoms with Gasteiger partial charge in [0.2, 0.25) is 5.91 Å². The molecule has 2 fully saturated rings. The molecule has 2 aliphatic heterocycles. The molecular formula is C30H39N11O. The number of nitrogens with one attached hydrogen (secondary N) is 4. The number of carbonyl (C=O) groups excluding carboxylic acids is 1. The van der Waals surface area contributed by atoms with Gasteiger partial charge in [-0.1, -0.05) is 6.92 Å². The summed E-state index contributed by atoms with van der Waals surface area (Å²) in [6, 6.07) is 3.84. The predicted molar refractivity (Wildman–Crippen MR) is 165 cm³/mol. The number of H-pyrrole nitrogens is 2. The first-order valence-corrected chi connectivity index (χ1v) is 14.8. The van der Waals surface area contributed by atoms with Crippen molar-refractivity contribution >= 4 is 39.2 Å². The topological polar surface area (TPSA) is 157 Å². The highest BCUT2D eigenvalue weighted by Gasteiger charge is 2.21. The molecule has 0 atom stereocenters. The summed E-state index contributed by atoms with van der Waals surface area (Å²) in [4.78, 5) is 35.2. The maximum Gasteiger partial charge on any atom is 0.224 e. The maximum absolute atomic E-state index is 12.8. The van der Waals surface area contributed by atoms with Crippen molar-refractivity contribution in [1.82, 2.24) is 45.7 Å². The number of aromatic amines is 2. The second-order valence-corrected chi connectivity index (χ2v) is 11.2. The van der Waals surface area contributed by atoms with Crippen LogP contribution in [-0.2, 0) is 4.79 Å². The standard InChI is InChI=1S/C30H39N11O/c1-3-21(34-26(42)14-19-6-8-32-9-7-19)15-20(16-31)22-4-5-23-28(35-22)29(39-38-23)30-36-24-17-33-18-25(27(24)37-30)41-12-10-40(2)11-13-41/h4-5,15-19,32H,3,6-14,31H2,1-2H3,(H,34,42)(H,36,37)(H,38,39)/b20-16+,21-15+. The lowest BCUT2D eigenvalue weighted by Gasteiger charge is -2.33. The summed E-state index contributed by atoms with van der Waals surface area (Å²) in [5.74, 6) is 1.09. The quantitative estimate of drug-likeness (QED) is 0.201. The van der Waals surface area contributed by atoms with Crippen LogP contribution < -0.4 is 21.3 Å². The Kier molecular flexibility index (Phi) is 8.15. The normalized spacial score (nSPS) is 17.8. The van der Waals surface area contributed by atoms with Crippen LogP contribution >= 0.6 is 0 Å². The lowest BCUT2D eigenvalue weighted by molar-refractivity contribution is -0.121. The molecule has 12 nitrogen and oxygen atoms in total. The Morgan fingerprint density at radius 3 is 2.67 bits per heavy atom. The number of allylic oxidation sites excluding steroid dienone is 3. The van der Waals surface area contributed by atoms with Gasteiger partial charge in [0, 0.05) is 50.1 Å². The van der Waals surface area contributed by atoms with Crippen LogP contribution in [0.2, 0.25) is 0 Å². The number of nitrogens with zero attached hydrogens (tertiary/aromatic N) is 6. The average molecular weight is 570 g/mol. The summed E-state index contributed by atoms with van der Waals surface area (Å²) in [5.41, 5.74) is 13.1. The van der Waals surface area contributed by atoms with Gasteiger partial charge in [0.25, 0.3) is 0 Å². The number of carbonyl (C=O) groups is 1. The molecule has 6 heterocycles. The summed E-state index contributed by atoms with van der Waals surface area (Å²) in [7, 11) is 2.14. The summed E-state index contributed by atoms with van der Waals surface area (Å²) in [5, 5.41) is 14.1. The molecular weight excluding hydrogens is 530 g/mol. The molecule has 0 saturated carbocycles. The molecule has 4 aromatic rings. The van der Waals surface area contributed by atoms with Crippen molar-refractivity contribution in [3.8, 4) is 11.5 Å². The number of rotatable bonds is 8. The third kappa shape index (κ3) is 5.86. The monoisotopic (exact) mass is 569 g/mol. The van der Waals surface area contributed by atoms with Crippen LogP contribution in [0.3, 0.4) is 0 Å². The van der Waals surface area contributed by atoms with Crippen molar-refractivity contribution in [2.75, 3.05) is 51.2 Å². The number of imidazole rings is 1. The molecule has 12 heteroatoms. The Balaban J connectivity index is 1.26. The van der Waals surface area contributed by atoms with Crippen LogP contribution in [0.5, 0.6) is 0 Å². The fourth-order valence-electron chi connectivity index (χ4n) is 5.73. The Labute approximate surface area is 244 Å². The first-order valence-electron chi connectivity index (χ1n) is 14.8. The van der Waals surface area contributed by atoms with Crippen LogP contribution in [-0.4, -0.2) is 87.3 Å². The van der Waals surface area contributed by atoms with E-state index < -0.39 is 0 Å². The molecule has 1 amide bonds. The minimum Gasteiger partial charge on any atom is -0.404 e. The second-order valence-electron chi connectivity index (χ2n) is 11.2. The molecule has 6 N–H and O–H groups in total. The average Bonchev–Trinajstić information content (AvgIpc) is 3.64. The minimum atomic E-state index is 0.0437. The zero-order valence-corrected chi connectivity index (χ0v) is 24.3. The number of hydrogen-bond donors (Lipinski definition) is 5. The van der Waals surface area contributed by atoms with Crippen molar-refractivity contribution in [3.63, 3.8) is 0 Å². The van der Waals surface area contributed by atoms with Gasteiger partial charge in [-0.3, -0.25) is 14.9 Å². The van der Waals surface area contributed by atoms with E-state index in [1.165, 1.54) is 6.20 Å². The van der Waals surface area contributed by atoms with E-state index in [0.29, 0.717) is 47.1 Å². The Bertz CT molecular complexity index is 1620. The van der Waals surface area contributed by atoms with Crippen molar-refractivity contribution in [2.24, 2.45) is 11.7 Å². The third-order valence-electron chi connectivity index (χ3n) is 8.27. The number of amides is 1. The van der Waals surface area contributed by atoms with Crippen LogP contribution in [0.4, 0.5) is 5.69 Å². The number of pyridine rings is 2. The molecule has 0 bridgehead atoms. The smallest absolute Gasteiger partial charge is 0.224 e. The van der Waals surface area contributed by atoms with E-state index in [1.807, 2.05) is 31.3 Å². The van der Waals surface area contributed by atoms with Crippen LogP contribution in [0.25, 0.3) is 39.2 Å². The van der Waals surface area contributed by atoms with Gasteiger partial charge < -0.3 is 31.2 Å². The fraction of sp³-hybridized carbons (Fsp3) is 0.433. The number of hydrogen-bond acceptors (Lipinski definition) is 9. The Hall–Kier alpha value is -4.29. The van der Waals surface area contributed by atoms with Crippen molar-refractivity contribution in [3.05, 3.63) is 48.2 Å². The molecule has 0 unspecified atom stereocenters. The number of piperazine rings is 1. The molecule has 0 aromatic carbocycles. The Morgan fingerprint density at radius 1 is 1.10 bits per heavy atom. The predicted octanol–water partition coefficient (Wildman–Crippen LogP) is 2.75. The molecule has 6 rings (SSSR count). The van der Waals surface area contributed by atoms with Gasteiger partial charge in [-0.05, 0) is 63.5 Å². The SMILES string of the molecule is CC/C(=C\C(=C/N)c1ccc2[nH]nc(-c3nc4c(N5CCN(C)CC5)cncc4[nH]3)c2n1)NC(=O)CC1CCNCC1. The van der Waals surface area contributed by atoms with Gasteiger partial charge in [-0.25, -0.2) is 9.97 Å². The molecule has 4 aromatic heterocycles. The highest BCUT2D eigenvalue weighted by atomic mass is 16.1. The molecule has 220 valence electrons. The van der Waals surface area contributed by atoms with E-state index in [-0.39, 0.29) is 5.91 Å². The highest BCUT2D eigenvalue weighted by Crippen LogP contribution is 2.30. The number of nitrogens with two attached hydrogens (primary N) is 1. The van der Waals surface area contributed by atoms with Crippen molar-refractivity contribution in [1.29, 1.82) is 0 Å². The maximum atomic E-state index is 12.8. The van der Waals surface area contributed by atoms with Crippen molar-refractivity contribution < 1.29 is 4.79 Å². The number of anilines is 1. The first-order chi connectivity index (χ1) is 20.5. The van der Waals surface area contributed by atoms with E-state index in [9.17, 15) is 4.79 Å². The lowest BCUT2D eigenvalue weighted by atomic mass is 9.94. The van der Waals surface area contributed by atoms with Gasteiger partial charge in [0.05, 0.1) is 34.8 Å². The minimum absolute atomic E-state index is 0.0437. The molecule has 42 heavy (non-hydrogen) atoms. The molecule has 2 saturated heterocycles. The van der Waals surface area contributed by atoms with E-state index in [0.717, 1.165) is 80.0 Å². The summed E-state index contributed by atoms with van der Waals surface area (Å²) >= 11 is 0. The molecule has 2 aliphatic rings. The van der Waals surface area contributed by atoms with Gasteiger partial charge in [0.1, 0.15) is 11.0 Å². The highest BCUT2D eigenvalue weighted by molar-refractivity contribution is 5.94. The van der Waals surface area contributed by atoms with E-state index >= 15 is 0 Å². The number of fused-ring (bicyclic) bond motifs is 2. The van der Waals surface area contributed by atoms with Crippen LogP contribution in [0, 0.1) is 5.92 Å². The first kappa shape index (κ1) is 27.9. The van der Waals surface area contributed by atoms with Gasteiger partial charge in [0.15, 0.2) is 11.5 Å². The van der Waals surface area contributed by atoms with E-state index in [4.69, 9.17) is 15.7 Å². The second kappa shape index (κ2) is 12.3.